The predicted molar refractivity (Wildman–Crippen MR) is 77.2 cm³/mol. The number of carboxylic acids is 1. The number of methoxy groups -OCH3 is 1. The summed E-state index contributed by atoms with van der Waals surface area (Å²) in [5.74, 6) is -0.271. The van der Waals surface area contributed by atoms with Gasteiger partial charge in [0.25, 0.3) is 0 Å². The van der Waals surface area contributed by atoms with Crippen molar-refractivity contribution in [2.45, 2.75) is 31.8 Å². The van der Waals surface area contributed by atoms with Crippen LogP contribution in [0.1, 0.15) is 25.3 Å². The lowest BCUT2D eigenvalue weighted by Crippen LogP contribution is -2.53. The van der Waals surface area contributed by atoms with Gasteiger partial charge in [-0.05, 0) is 25.8 Å². The average Bonchev–Trinajstić information content (AvgIpc) is 2.88. The zero-order valence-electron chi connectivity index (χ0n) is 12.3. The Balaban J connectivity index is 2.03. The normalized spacial score (nSPS) is 21.1. The molecular weight excluding hydrogens is 272 g/mol. The van der Waals surface area contributed by atoms with Gasteiger partial charge in [0.15, 0.2) is 0 Å². The molecule has 0 spiro atoms. The first kappa shape index (κ1) is 15.2. The van der Waals surface area contributed by atoms with Crippen LogP contribution in [0.3, 0.4) is 0 Å². The summed E-state index contributed by atoms with van der Waals surface area (Å²) >= 11 is 0. The molecule has 1 aliphatic heterocycles. The molecule has 2 N–H and O–H groups in total. The number of nitrogens with zero attached hydrogens (tertiary/aromatic N) is 1. The Morgan fingerprint density at radius 1 is 1.43 bits per heavy atom. The van der Waals surface area contributed by atoms with Crippen LogP contribution in [0.25, 0.3) is 0 Å². The van der Waals surface area contributed by atoms with Crippen molar-refractivity contribution in [3.8, 4) is 5.75 Å². The lowest BCUT2D eigenvalue weighted by molar-refractivity contribution is -0.147. The maximum absolute atomic E-state index is 12.2. The number of para-hydroxylation sites is 1. The number of carbonyl (C=O) groups excluding carboxylic acids is 1. The highest BCUT2D eigenvalue weighted by Gasteiger charge is 2.45. The van der Waals surface area contributed by atoms with Crippen molar-refractivity contribution in [3.63, 3.8) is 0 Å². The average molecular weight is 292 g/mol. The smallest absolute Gasteiger partial charge is 0.329 e. The van der Waals surface area contributed by atoms with Crippen LogP contribution in [-0.2, 0) is 11.3 Å². The van der Waals surface area contributed by atoms with Gasteiger partial charge in [-0.2, -0.15) is 0 Å². The van der Waals surface area contributed by atoms with E-state index in [0.717, 1.165) is 5.56 Å². The van der Waals surface area contributed by atoms with E-state index in [1.54, 1.807) is 14.0 Å². The molecule has 2 rings (SSSR count). The molecule has 6 nitrogen and oxygen atoms in total. The zero-order valence-corrected chi connectivity index (χ0v) is 12.3. The Morgan fingerprint density at radius 2 is 2.14 bits per heavy atom. The summed E-state index contributed by atoms with van der Waals surface area (Å²) in [6.07, 6.45) is 1.18. The Hall–Kier alpha value is -2.24. The van der Waals surface area contributed by atoms with Crippen LogP contribution in [0.5, 0.6) is 5.75 Å². The van der Waals surface area contributed by atoms with E-state index in [2.05, 4.69) is 5.32 Å². The van der Waals surface area contributed by atoms with Gasteiger partial charge in [0, 0.05) is 18.7 Å². The topological polar surface area (TPSA) is 78.9 Å². The number of benzene rings is 1. The van der Waals surface area contributed by atoms with E-state index in [0.29, 0.717) is 31.7 Å². The summed E-state index contributed by atoms with van der Waals surface area (Å²) in [5, 5.41) is 12.1. The molecule has 1 aliphatic rings. The number of amides is 2. The predicted octanol–water partition coefficient (Wildman–Crippen LogP) is 1.84. The van der Waals surface area contributed by atoms with Gasteiger partial charge in [-0.3, -0.25) is 0 Å². The Kier molecular flexibility index (Phi) is 4.35. The van der Waals surface area contributed by atoms with E-state index in [4.69, 9.17) is 4.74 Å². The summed E-state index contributed by atoms with van der Waals surface area (Å²) in [7, 11) is 1.57. The molecule has 1 aromatic rings. The molecule has 1 atom stereocenters. The first-order valence-corrected chi connectivity index (χ1v) is 6.90. The van der Waals surface area contributed by atoms with Gasteiger partial charge in [0.1, 0.15) is 11.3 Å². The van der Waals surface area contributed by atoms with E-state index in [9.17, 15) is 14.7 Å². The second-order valence-corrected chi connectivity index (χ2v) is 5.30. The van der Waals surface area contributed by atoms with Crippen molar-refractivity contribution in [2.75, 3.05) is 13.7 Å². The number of hydrogen-bond acceptors (Lipinski definition) is 3. The molecule has 1 fully saturated rings. The molecule has 114 valence electrons. The number of aliphatic carboxylic acids is 1. The zero-order chi connectivity index (χ0) is 15.5. The van der Waals surface area contributed by atoms with Gasteiger partial charge in [-0.25, -0.2) is 9.59 Å². The quantitative estimate of drug-likeness (QED) is 0.887. The lowest BCUT2D eigenvalue weighted by Gasteiger charge is -2.31. The molecule has 0 radical (unpaired) electrons. The molecule has 2 amide bonds. The summed E-state index contributed by atoms with van der Waals surface area (Å²) in [5.41, 5.74) is -0.269. The number of urea groups is 1. The number of nitrogens with one attached hydrogen (secondary N) is 1. The number of carbonyl (C=O) groups is 2. The Morgan fingerprint density at radius 3 is 2.81 bits per heavy atom. The summed E-state index contributed by atoms with van der Waals surface area (Å²) < 4.78 is 5.22. The highest BCUT2D eigenvalue weighted by Crippen LogP contribution is 2.29. The minimum Gasteiger partial charge on any atom is -0.496 e. The van der Waals surface area contributed by atoms with Gasteiger partial charge >= 0.3 is 12.0 Å². The van der Waals surface area contributed by atoms with Crippen LogP contribution in [-0.4, -0.2) is 41.2 Å². The van der Waals surface area contributed by atoms with Gasteiger partial charge < -0.3 is 20.1 Å². The molecule has 0 saturated carbocycles. The fraction of sp³-hybridized carbons (Fsp3) is 0.467. The summed E-state index contributed by atoms with van der Waals surface area (Å²) in [6, 6.07) is 7.04. The van der Waals surface area contributed by atoms with Crippen molar-refractivity contribution in [3.05, 3.63) is 29.8 Å². The third kappa shape index (κ3) is 2.94. The van der Waals surface area contributed by atoms with E-state index >= 15 is 0 Å². The van der Waals surface area contributed by atoms with Crippen LogP contribution in [0.15, 0.2) is 24.3 Å². The molecule has 1 saturated heterocycles. The third-order valence-electron chi connectivity index (χ3n) is 3.97. The third-order valence-corrected chi connectivity index (χ3v) is 3.97. The van der Waals surface area contributed by atoms with Gasteiger partial charge in [-0.1, -0.05) is 18.2 Å². The van der Waals surface area contributed by atoms with Crippen LogP contribution >= 0.6 is 0 Å². The maximum atomic E-state index is 12.2. The van der Waals surface area contributed by atoms with Crippen LogP contribution in [0, 0.1) is 0 Å². The van der Waals surface area contributed by atoms with Crippen molar-refractivity contribution < 1.29 is 19.4 Å². The molecule has 0 aromatic heterocycles. The molecule has 1 aromatic carbocycles. The highest BCUT2D eigenvalue weighted by atomic mass is 16.5. The van der Waals surface area contributed by atoms with Crippen molar-refractivity contribution in [1.82, 2.24) is 10.2 Å². The Bertz CT molecular complexity index is 546. The van der Waals surface area contributed by atoms with Crippen LogP contribution in [0.4, 0.5) is 4.79 Å². The Labute approximate surface area is 123 Å². The van der Waals surface area contributed by atoms with Gasteiger partial charge in [-0.15, -0.1) is 0 Å². The standard InChI is InChI=1S/C15H20N2O4/c1-15(13(18)19)8-5-9-17(15)14(20)16-10-11-6-3-4-7-12(11)21-2/h3-4,6-7H,5,8-10H2,1-2H3,(H,16,20)(H,18,19). The van der Waals surface area contributed by atoms with Crippen molar-refractivity contribution in [2.24, 2.45) is 0 Å². The molecular formula is C15H20N2O4. The number of ether oxygens (including phenoxy) is 1. The molecule has 21 heavy (non-hydrogen) atoms. The SMILES string of the molecule is COc1ccccc1CNC(=O)N1CCCC1(C)C(=O)O. The molecule has 0 bridgehead atoms. The largest absolute Gasteiger partial charge is 0.496 e. The molecule has 1 heterocycles. The second kappa shape index (κ2) is 6.03. The maximum Gasteiger partial charge on any atom is 0.329 e. The van der Waals surface area contributed by atoms with Crippen molar-refractivity contribution >= 4 is 12.0 Å². The fourth-order valence-electron chi connectivity index (χ4n) is 2.63. The van der Waals surface area contributed by atoms with Gasteiger partial charge in [0.05, 0.1) is 7.11 Å². The second-order valence-electron chi connectivity index (χ2n) is 5.30. The number of likely N-dealkylation sites (tertiary alicyclic amines) is 1. The fourth-order valence-corrected chi connectivity index (χ4v) is 2.63. The highest BCUT2D eigenvalue weighted by molar-refractivity contribution is 5.86. The monoisotopic (exact) mass is 292 g/mol. The lowest BCUT2D eigenvalue weighted by atomic mass is 10.00. The number of rotatable bonds is 4. The first-order chi connectivity index (χ1) is 9.99. The summed E-state index contributed by atoms with van der Waals surface area (Å²) in [4.78, 5) is 25.0. The van der Waals surface area contributed by atoms with E-state index < -0.39 is 11.5 Å². The molecule has 6 heteroatoms. The first-order valence-electron chi connectivity index (χ1n) is 6.90. The van der Waals surface area contributed by atoms with E-state index in [1.807, 2.05) is 24.3 Å². The van der Waals surface area contributed by atoms with E-state index in [1.165, 1.54) is 4.90 Å². The van der Waals surface area contributed by atoms with Gasteiger partial charge in [0.2, 0.25) is 0 Å². The number of carboxylic acid groups (broad SMARTS) is 1. The van der Waals surface area contributed by atoms with Crippen LogP contribution < -0.4 is 10.1 Å². The van der Waals surface area contributed by atoms with Crippen molar-refractivity contribution in [1.29, 1.82) is 0 Å². The molecule has 1 unspecified atom stereocenters. The molecule has 0 aliphatic carbocycles. The van der Waals surface area contributed by atoms with Crippen LogP contribution in [0.2, 0.25) is 0 Å². The minimum atomic E-state index is -1.12. The minimum absolute atomic E-state index is 0.301. The van der Waals surface area contributed by atoms with E-state index in [-0.39, 0.29) is 6.03 Å². The summed E-state index contributed by atoms with van der Waals surface area (Å²) in [6.45, 7) is 2.35. The number of hydrogen-bond donors (Lipinski definition) is 2.